The Bertz CT molecular complexity index is 566. The first-order chi connectivity index (χ1) is 11.4. The van der Waals surface area contributed by atoms with Crippen LogP contribution in [0.1, 0.15) is 0 Å². The van der Waals surface area contributed by atoms with E-state index >= 15 is 0 Å². The minimum atomic E-state index is -1.99. The van der Waals surface area contributed by atoms with Crippen molar-refractivity contribution >= 4 is 35.8 Å². The van der Waals surface area contributed by atoms with Crippen molar-refractivity contribution in [3.8, 4) is 0 Å². The lowest BCUT2D eigenvalue weighted by atomic mass is 9.87. The van der Waals surface area contributed by atoms with Crippen LogP contribution >= 0.6 is 0 Å². The van der Waals surface area contributed by atoms with E-state index in [0.717, 1.165) is 0 Å². The third-order valence-corrected chi connectivity index (χ3v) is 2.76. The summed E-state index contributed by atoms with van der Waals surface area (Å²) in [6, 6.07) is 0. The number of carbonyl (C=O) groups is 6. The summed E-state index contributed by atoms with van der Waals surface area (Å²) in [6.45, 7) is 0. The molecule has 0 aromatic rings. The molecule has 4 atom stereocenters. The first kappa shape index (κ1) is 21.5. The molecule has 1 aliphatic rings. The van der Waals surface area contributed by atoms with Gasteiger partial charge in [-0.3, -0.25) is 9.59 Å². The van der Waals surface area contributed by atoms with Gasteiger partial charge in [-0.1, -0.05) is 0 Å². The van der Waals surface area contributed by atoms with Crippen molar-refractivity contribution in [2.75, 3.05) is 0 Å². The van der Waals surface area contributed by atoms with E-state index in [9.17, 15) is 28.8 Å². The van der Waals surface area contributed by atoms with Gasteiger partial charge in [0.1, 0.15) is 11.8 Å². The van der Waals surface area contributed by atoms with E-state index in [1.807, 2.05) is 0 Å². The number of rotatable bonds is 6. The Morgan fingerprint density at radius 1 is 0.560 bits per heavy atom. The monoisotopic (exact) mass is 364 g/mol. The molecule has 138 valence electrons. The summed E-state index contributed by atoms with van der Waals surface area (Å²) in [5.74, 6) is -13.3. The molecular formula is C12H12O13. The lowest BCUT2D eigenvalue weighted by molar-refractivity contribution is -0.163. The smallest absolute Gasteiger partial charge is 0.333 e. The number of ether oxygens (including phenoxy) is 1. The predicted molar refractivity (Wildman–Crippen MR) is 70.6 cm³/mol. The lowest BCUT2D eigenvalue weighted by Crippen LogP contribution is -2.39. The molecule has 0 radical (unpaired) electrons. The number of hydrogen-bond donors (Lipinski definition) is 6. The lowest BCUT2D eigenvalue weighted by Gasteiger charge is -2.13. The van der Waals surface area contributed by atoms with Gasteiger partial charge >= 0.3 is 35.8 Å². The van der Waals surface area contributed by atoms with E-state index in [4.69, 9.17) is 30.6 Å². The van der Waals surface area contributed by atoms with Gasteiger partial charge in [-0.25, -0.2) is 19.2 Å². The van der Waals surface area contributed by atoms with Crippen LogP contribution in [0.3, 0.4) is 0 Å². The van der Waals surface area contributed by atoms with Crippen molar-refractivity contribution < 1.29 is 64.1 Å². The average Bonchev–Trinajstić information content (AvgIpc) is 2.87. The van der Waals surface area contributed by atoms with Crippen LogP contribution in [0.15, 0.2) is 12.2 Å². The summed E-state index contributed by atoms with van der Waals surface area (Å²) in [5.41, 5.74) is 0. The van der Waals surface area contributed by atoms with Crippen molar-refractivity contribution in [3.05, 3.63) is 12.2 Å². The number of hydrogen-bond acceptors (Lipinski definition) is 7. The van der Waals surface area contributed by atoms with Gasteiger partial charge in [0.2, 0.25) is 0 Å². The standard InChI is InChI=1S/C8H8O9.C4H4O4/c9-5(10)1-2(6(11)12)4(8(15)16)17-3(1)7(13)14;5-3(6)1-2-4(7)8/h1-4H,(H,9,10)(H,11,12)(H,13,14)(H,15,16);1-2H,(H,5,6)(H,7,8). The molecule has 0 saturated carbocycles. The maximum Gasteiger partial charge on any atom is 0.333 e. The van der Waals surface area contributed by atoms with Gasteiger partial charge in [0, 0.05) is 12.2 Å². The first-order valence-corrected chi connectivity index (χ1v) is 6.10. The fraction of sp³-hybridized carbons (Fsp3) is 0.333. The quantitative estimate of drug-likeness (QED) is 0.281. The second-order valence-corrected chi connectivity index (χ2v) is 4.39. The Kier molecular flexibility index (Phi) is 7.72. The zero-order valence-corrected chi connectivity index (χ0v) is 12.0. The van der Waals surface area contributed by atoms with Crippen molar-refractivity contribution in [2.45, 2.75) is 12.2 Å². The van der Waals surface area contributed by atoms with Crippen molar-refractivity contribution in [2.24, 2.45) is 11.8 Å². The Morgan fingerprint density at radius 2 is 0.840 bits per heavy atom. The Labute approximate surface area is 137 Å². The molecule has 13 nitrogen and oxygen atoms in total. The molecular weight excluding hydrogens is 352 g/mol. The normalized spacial score (nSPS) is 24.8. The van der Waals surface area contributed by atoms with Crippen LogP contribution in [-0.4, -0.2) is 78.7 Å². The highest BCUT2D eigenvalue weighted by atomic mass is 16.6. The van der Waals surface area contributed by atoms with Crippen molar-refractivity contribution in [3.63, 3.8) is 0 Å². The minimum Gasteiger partial charge on any atom is -0.481 e. The molecule has 0 aliphatic carbocycles. The summed E-state index contributed by atoms with van der Waals surface area (Å²) in [7, 11) is 0. The summed E-state index contributed by atoms with van der Waals surface area (Å²) in [5, 5.41) is 50.4. The predicted octanol–water partition coefficient (Wildman–Crippen LogP) is -1.96. The minimum absolute atomic E-state index is 0.558. The topological polar surface area (TPSA) is 233 Å². The highest BCUT2D eigenvalue weighted by Gasteiger charge is 2.57. The van der Waals surface area contributed by atoms with E-state index in [1.54, 1.807) is 0 Å². The maximum atomic E-state index is 10.8. The second kappa shape index (κ2) is 8.97. The maximum absolute atomic E-state index is 10.8. The second-order valence-electron chi connectivity index (χ2n) is 4.39. The third kappa shape index (κ3) is 6.26. The van der Waals surface area contributed by atoms with Crippen LogP contribution in [0.5, 0.6) is 0 Å². The number of aliphatic carboxylic acids is 6. The molecule has 1 saturated heterocycles. The number of carboxylic acid groups (broad SMARTS) is 6. The molecule has 0 spiro atoms. The highest BCUT2D eigenvalue weighted by Crippen LogP contribution is 2.33. The first-order valence-electron chi connectivity index (χ1n) is 6.10. The zero-order valence-electron chi connectivity index (χ0n) is 12.0. The van der Waals surface area contributed by atoms with E-state index < -0.39 is 59.9 Å². The summed E-state index contributed by atoms with van der Waals surface area (Å²) in [4.78, 5) is 62.1. The highest BCUT2D eigenvalue weighted by molar-refractivity contribution is 5.92. The number of carboxylic acids is 6. The van der Waals surface area contributed by atoms with Crippen molar-refractivity contribution in [1.82, 2.24) is 0 Å². The van der Waals surface area contributed by atoms with E-state index in [-0.39, 0.29) is 0 Å². The molecule has 0 aromatic carbocycles. The Morgan fingerprint density at radius 3 is 1.00 bits per heavy atom. The van der Waals surface area contributed by atoms with Gasteiger partial charge in [-0.05, 0) is 0 Å². The van der Waals surface area contributed by atoms with Gasteiger partial charge in [-0.2, -0.15) is 0 Å². The molecule has 6 N–H and O–H groups in total. The van der Waals surface area contributed by atoms with Gasteiger partial charge in [0.25, 0.3) is 0 Å². The van der Waals surface area contributed by atoms with Gasteiger partial charge in [-0.15, -0.1) is 0 Å². The molecule has 1 heterocycles. The van der Waals surface area contributed by atoms with Crippen LogP contribution in [0.4, 0.5) is 0 Å². The average molecular weight is 364 g/mol. The largest absolute Gasteiger partial charge is 0.481 e. The van der Waals surface area contributed by atoms with E-state index in [0.29, 0.717) is 12.2 Å². The van der Waals surface area contributed by atoms with Gasteiger partial charge in [0.15, 0.2) is 12.2 Å². The van der Waals surface area contributed by atoms with Gasteiger partial charge < -0.3 is 35.4 Å². The van der Waals surface area contributed by atoms with E-state index in [2.05, 4.69) is 4.74 Å². The van der Waals surface area contributed by atoms with Crippen molar-refractivity contribution in [1.29, 1.82) is 0 Å². The SMILES string of the molecule is O=C(O)C1OC(C(=O)O)C(C(=O)O)C1C(=O)O.O=C(O)C=CC(=O)O. The molecule has 1 aliphatic heterocycles. The van der Waals surface area contributed by atoms with Crippen LogP contribution in [-0.2, 0) is 33.5 Å². The Hall–Kier alpha value is -3.48. The van der Waals surface area contributed by atoms with Crippen LogP contribution < -0.4 is 0 Å². The Balaban J connectivity index is 0.000000609. The van der Waals surface area contributed by atoms with Crippen LogP contribution in [0, 0.1) is 11.8 Å². The summed E-state index contributed by atoms with van der Waals surface area (Å²) in [6.07, 6.45) is -2.87. The van der Waals surface area contributed by atoms with Crippen LogP contribution in [0.25, 0.3) is 0 Å². The molecule has 0 aromatic heterocycles. The fourth-order valence-electron chi connectivity index (χ4n) is 1.84. The third-order valence-electron chi connectivity index (χ3n) is 2.76. The summed E-state index contributed by atoms with van der Waals surface area (Å²) >= 11 is 0. The molecule has 1 fully saturated rings. The molecule has 25 heavy (non-hydrogen) atoms. The summed E-state index contributed by atoms with van der Waals surface area (Å²) < 4.78 is 4.47. The zero-order chi connectivity index (χ0) is 19.9. The van der Waals surface area contributed by atoms with Gasteiger partial charge in [0.05, 0.1) is 0 Å². The molecule has 0 amide bonds. The van der Waals surface area contributed by atoms with E-state index in [1.165, 1.54) is 0 Å². The molecule has 0 bridgehead atoms. The molecule has 13 heteroatoms. The van der Waals surface area contributed by atoms with Crippen LogP contribution in [0.2, 0.25) is 0 Å². The molecule has 1 rings (SSSR count). The fourth-order valence-corrected chi connectivity index (χ4v) is 1.84. The molecule has 4 unspecified atom stereocenters.